The van der Waals surface area contributed by atoms with E-state index in [1.54, 1.807) is 17.5 Å². The Hall–Kier alpha value is -1.37. The van der Waals surface area contributed by atoms with Crippen molar-refractivity contribution in [1.29, 1.82) is 5.26 Å². The van der Waals surface area contributed by atoms with Gasteiger partial charge in [-0.3, -0.25) is 4.98 Å². The van der Waals surface area contributed by atoms with Crippen molar-refractivity contribution in [3.8, 4) is 6.07 Å². The minimum atomic E-state index is 0.411. The average Bonchev–Trinajstić information content (AvgIpc) is 2.91. The Morgan fingerprint density at radius 2 is 2.00 bits per heavy atom. The molecule has 0 bridgehead atoms. The number of halogens is 1. The van der Waals surface area contributed by atoms with Crippen LogP contribution in [0.2, 0.25) is 4.34 Å². The van der Waals surface area contributed by atoms with Crippen LogP contribution in [0.15, 0.2) is 30.6 Å². The molecule has 2 nitrogen and oxygen atoms in total. The molecule has 0 aliphatic heterocycles. The number of rotatable bonds is 5. The molecule has 0 amide bonds. The number of hydrogen-bond acceptors (Lipinski definition) is 3. The van der Waals surface area contributed by atoms with E-state index in [1.807, 2.05) is 18.3 Å². The van der Waals surface area contributed by atoms with E-state index >= 15 is 0 Å². The summed E-state index contributed by atoms with van der Waals surface area (Å²) in [7, 11) is 0. The highest BCUT2D eigenvalue weighted by Gasteiger charge is 2.12. The highest BCUT2D eigenvalue weighted by atomic mass is 35.5. The first kappa shape index (κ1) is 15.0. The van der Waals surface area contributed by atoms with Crippen molar-refractivity contribution in [1.82, 2.24) is 4.98 Å². The summed E-state index contributed by atoms with van der Waals surface area (Å²) in [5, 5.41) is 8.91. The number of thiophene rings is 1. The van der Waals surface area contributed by atoms with Gasteiger partial charge in [0.25, 0.3) is 0 Å². The summed E-state index contributed by atoms with van der Waals surface area (Å²) < 4.78 is 0.853. The zero-order valence-electron chi connectivity index (χ0n) is 11.6. The largest absolute Gasteiger partial charge is 0.263 e. The van der Waals surface area contributed by atoms with E-state index in [2.05, 4.69) is 31.0 Å². The van der Waals surface area contributed by atoms with Gasteiger partial charge in [-0.25, -0.2) is 0 Å². The molecule has 2 heterocycles. The maximum atomic E-state index is 8.91. The van der Waals surface area contributed by atoms with Gasteiger partial charge in [-0.1, -0.05) is 25.4 Å². The van der Waals surface area contributed by atoms with Gasteiger partial charge in [0.2, 0.25) is 0 Å². The Balaban J connectivity index is 1.94. The van der Waals surface area contributed by atoms with Crippen LogP contribution in [0, 0.1) is 11.3 Å². The topological polar surface area (TPSA) is 36.7 Å². The quantitative estimate of drug-likeness (QED) is 0.746. The van der Waals surface area contributed by atoms with Gasteiger partial charge in [0, 0.05) is 17.3 Å². The van der Waals surface area contributed by atoms with Crippen molar-refractivity contribution in [3.05, 3.63) is 50.9 Å². The van der Waals surface area contributed by atoms with E-state index in [0.29, 0.717) is 17.4 Å². The second kappa shape index (κ2) is 6.88. The molecule has 0 N–H and O–H groups in total. The summed E-state index contributed by atoms with van der Waals surface area (Å²) in [6.45, 7) is 4.42. The van der Waals surface area contributed by atoms with Crippen LogP contribution in [0.4, 0.5) is 0 Å². The van der Waals surface area contributed by atoms with Crippen molar-refractivity contribution in [3.63, 3.8) is 0 Å². The van der Waals surface area contributed by atoms with Crippen LogP contribution < -0.4 is 0 Å². The molecule has 0 aliphatic rings. The fourth-order valence-electron chi connectivity index (χ4n) is 2.19. The van der Waals surface area contributed by atoms with Gasteiger partial charge in [0.1, 0.15) is 6.07 Å². The number of nitrogens with zero attached hydrogens (tertiary/aromatic N) is 2. The number of hydrogen-bond donors (Lipinski definition) is 0. The van der Waals surface area contributed by atoms with Crippen molar-refractivity contribution in [2.75, 3.05) is 0 Å². The molecular weight excluding hydrogens is 288 g/mol. The summed E-state index contributed by atoms with van der Waals surface area (Å²) in [4.78, 5) is 5.47. The minimum Gasteiger partial charge on any atom is -0.263 e. The van der Waals surface area contributed by atoms with Crippen LogP contribution in [0.1, 0.15) is 54.5 Å². The minimum absolute atomic E-state index is 0.411. The fourth-order valence-corrected chi connectivity index (χ4v) is 3.34. The lowest BCUT2D eigenvalue weighted by Gasteiger charge is -2.15. The molecule has 0 aliphatic carbocycles. The van der Waals surface area contributed by atoms with Gasteiger partial charge in [0.05, 0.1) is 9.90 Å². The van der Waals surface area contributed by atoms with Crippen molar-refractivity contribution < 1.29 is 0 Å². The zero-order valence-corrected chi connectivity index (χ0v) is 13.2. The van der Waals surface area contributed by atoms with Gasteiger partial charge in [-0.05, 0) is 48.4 Å². The standard InChI is InChI=1S/C16H17ClN2S/c1-11(14-7-13(8-18)9-19-10-14)3-4-12(2)15-5-6-16(17)20-15/h5-7,9-12H,3-4H2,1-2H3. The van der Waals surface area contributed by atoms with Crippen LogP contribution in [0.25, 0.3) is 0 Å². The smallest absolute Gasteiger partial charge is 0.101 e. The van der Waals surface area contributed by atoms with Crippen LogP contribution in [0.3, 0.4) is 0 Å². The normalized spacial score (nSPS) is 13.7. The highest BCUT2D eigenvalue weighted by molar-refractivity contribution is 7.16. The lowest BCUT2D eigenvalue weighted by atomic mass is 9.92. The number of nitriles is 1. The highest BCUT2D eigenvalue weighted by Crippen LogP contribution is 2.33. The average molecular weight is 305 g/mol. The third-order valence-electron chi connectivity index (χ3n) is 3.57. The Kier molecular flexibility index (Phi) is 5.17. The fraction of sp³-hybridized carbons (Fsp3) is 0.375. The second-order valence-corrected chi connectivity index (χ2v) is 6.89. The SMILES string of the molecule is CC(CCC(C)c1ccc(Cl)s1)c1cncc(C#N)c1. The lowest BCUT2D eigenvalue weighted by Crippen LogP contribution is -1.99. The second-order valence-electron chi connectivity index (χ2n) is 5.14. The predicted octanol–water partition coefficient (Wildman–Crippen LogP) is 5.36. The summed E-state index contributed by atoms with van der Waals surface area (Å²) in [5.41, 5.74) is 1.77. The van der Waals surface area contributed by atoms with Crippen LogP contribution in [0.5, 0.6) is 0 Å². The van der Waals surface area contributed by atoms with E-state index in [-0.39, 0.29) is 0 Å². The van der Waals surface area contributed by atoms with Gasteiger partial charge in [-0.2, -0.15) is 5.26 Å². The predicted molar refractivity (Wildman–Crippen MR) is 84.3 cm³/mol. The van der Waals surface area contributed by atoms with E-state index in [0.717, 1.165) is 22.7 Å². The molecule has 0 saturated carbocycles. The molecule has 0 spiro atoms. The van der Waals surface area contributed by atoms with E-state index in [9.17, 15) is 0 Å². The van der Waals surface area contributed by atoms with Gasteiger partial charge >= 0.3 is 0 Å². The van der Waals surface area contributed by atoms with Crippen LogP contribution in [-0.4, -0.2) is 4.98 Å². The van der Waals surface area contributed by atoms with Crippen molar-refractivity contribution in [2.24, 2.45) is 0 Å². The van der Waals surface area contributed by atoms with E-state index < -0.39 is 0 Å². The summed E-state index contributed by atoms with van der Waals surface area (Å²) in [6.07, 6.45) is 5.65. The summed E-state index contributed by atoms with van der Waals surface area (Å²) in [5.74, 6) is 0.927. The maximum absolute atomic E-state index is 8.91. The number of aromatic nitrogens is 1. The molecule has 2 rings (SSSR count). The first-order valence-electron chi connectivity index (χ1n) is 6.70. The molecule has 4 heteroatoms. The lowest BCUT2D eigenvalue weighted by molar-refractivity contribution is 0.577. The summed E-state index contributed by atoms with van der Waals surface area (Å²) >= 11 is 7.64. The Morgan fingerprint density at radius 1 is 1.25 bits per heavy atom. The molecule has 2 aromatic rings. The maximum Gasteiger partial charge on any atom is 0.101 e. The monoisotopic (exact) mass is 304 g/mol. The molecule has 0 fully saturated rings. The molecule has 2 unspecified atom stereocenters. The molecule has 104 valence electrons. The van der Waals surface area contributed by atoms with Gasteiger partial charge in [0.15, 0.2) is 0 Å². The van der Waals surface area contributed by atoms with E-state index in [4.69, 9.17) is 16.9 Å². The van der Waals surface area contributed by atoms with Crippen LogP contribution in [-0.2, 0) is 0 Å². The van der Waals surface area contributed by atoms with Crippen molar-refractivity contribution in [2.45, 2.75) is 38.5 Å². The van der Waals surface area contributed by atoms with Crippen molar-refractivity contribution >= 4 is 22.9 Å². The summed E-state index contributed by atoms with van der Waals surface area (Å²) in [6, 6.07) is 8.15. The molecule has 0 saturated heterocycles. The molecule has 2 atom stereocenters. The molecule has 0 radical (unpaired) electrons. The number of pyridine rings is 1. The Labute approximate surface area is 129 Å². The first-order valence-corrected chi connectivity index (χ1v) is 7.90. The molecule has 0 aromatic carbocycles. The molecule has 20 heavy (non-hydrogen) atoms. The Morgan fingerprint density at radius 3 is 2.65 bits per heavy atom. The zero-order chi connectivity index (χ0) is 14.5. The van der Waals surface area contributed by atoms with Gasteiger partial charge in [-0.15, -0.1) is 11.3 Å². The van der Waals surface area contributed by atoms with Gasteiger partial charge < -0.3 is 0 Å². The third-order valence-corrected chi connectivity index (χ3v) is 5.03. The Bertz CT molecular complexity index is 615. The first-order chi connectivity index (χ1) is 9.60. The molecular formula is C16H17ClN2S. The van der Waals surface area contributed by atoms with Crippen LogP contribution >= 0.6 is 22.9 Å². The third kappa shape index (κ3) is 3.82. The van der Waals surface area contributed by atoms with E-state index in [1.165, 1.54) is 4.88 Å². The molecule has 2 aromatic heterocycles.